The third-order valence-electron chi connectivity index (χ3n) is 7.00. The van der Waals surface area contributed by atoms with Crippen molar-refractivity contribution in [3.8, 4) is 0 Å². The lowest BCUT2D eigenvalue weighted by atomic mass is 9.65. The van der Waals surface area contributed by atoms with Gasteiger partial charge in [0.1, 0.15) is 0 Å². The molecule has 0 heterocycles. The molecule has 1 aromatic rings. The fourth-order valence-corrected chi connectivity index (χ4v) is 5.53. The van der Waals surface area contributed by atoms with Gasteiger partial charge in [0.2, 0.25) is 0 Å². The van der Waals surface area contributed by atoms with Crippen LogP contribution in [0, 0.1) is 23.2 Å². The first-order valence-corrected chi connectivity index (χ1v) is 9.59. The van der Waals surface area contributed by atoms with E-state index >= 15 is 0 Å². The number of aryl methyl sites for hydroxylation is 1. The van der Waals surface area contributed by atoms with Crippen molar-refractivity contribution in [3.63, 3.8) is 0 Å². The molecule has 5 heteroatoms. The molecule has 2 fully saturated rings. The summed E-state index contributed by atoms with van der Waals surface area (Å²) in [5.41, 5.74) is 0.416. The summed E-state index contributed by atoms with van der Waals surface area (Å²) in [6.07, 6.45) is 2.03. The molecule has 4 nitrogen and oxygen atoms in total. The van der Waals surface area contributed by atoms with Gasteiger partial charge in [-0.25, -0.2) is 0 Å². The highest BCUT2D eigenvalue weighted by molar-refractivity contribution is 7.86. The van der Waals surface area contributed by atoms with E-state index in [1.165, 1.54) is 0 Å². The Morgan fingerprint density at radius 1 is 1.17 bits per heavy atom. The van der Waals surface area contributed by atoms with Crippen molar-refractivity contribution in [3.05, 3.63) is 29.8 Å². The molecule has 23 heavy (non-hydrogen) atoms. The van der Waals surface area contributed by atoms with Gasteiger partial charge in [-0.05, 0) is 49.1 Å². The van der Waals surface area contributed by atoms with Crippen molar-refractivity contribution in [2.75, 3.05) is 6.61 Å². The summed E-state index contributed by atoms with van der Waals surface area (Å²) >= 11 is 0. The Labute approximate surface area is 139 Å². The molecule has 0 aromatic heterocycles. The van der Waals surface area contributed by atoms with Crippen LogP contribution in [-0.4, -0.2) is 26.2 Å². The summed E-state index contributed by atoms with van der Waals surface area (Å²) in [5, 5.41) is 10.5. The molecular formula is C18H26O4S. The Balaban J connectivity index is 1.82. The molecule has 0 saturated heterocycles. The number of rotatable bonds is 4. The zero-order valence-corrected chi connectivity index (χ0v) is 15.1. The number of aliphatic hydroxyl groups excluding tert-OH is 1. The molecule has 2 aliphatic carbocycles. The topological polar surface area (TPSA) is 63.6 Å². The number of hydrogen-bond acceptors (Lipinski definition) is 4. The van der Waals surface area contributed by atoms with Gasteiger partial charge in [-0.3, -0.25) is 4.18 Å². The van der Waals surface area contributed by atoms with Crippen molar-refractivity contribution >= 4 is 10.1 Å². The summed E-state index contributed by atoms with van der Waals surface area (Å²) in [7, 11) is -3.76. The summed E-state index contributed by atoms with van der Waals surface area (Å²) in [4.78, 5) is 0.191. The molecule has 2 bridgehead atoms. The Kier molecular flexibility index (Phi) is 3.71. The Bertz CT molecular complexity index is 707. The lowest BCUT2D eigenvalue weighted by Gasteiger charge is -2.40. The van der Waals surface area contributed by atoms with Crippen LogP contribution < -0.4 is 0 Å². The standard InChI is InChI=1S/C18H26O4S/c1-13-5-7-14(8-6-13)23(20,21)22-12-18-10-9-17(4,15(19)11-18)16(18,2)3/h5-8,15,19H,9-12H2,1-4H3/t15-,17+,18+/m1/s1. The lowest BCUT2D eigenvalue weighted by Crippen LogP contribution is -2.39. The molecule has 2 aliphatic rings. The minimum absolute atomic E-state index is 0.142. The van der Waals surface area contributed by atoms with Crippen LogP contribution >= 0.6 is 0 Å². The Morgan fingerprint density at radius 3 is 2.26 bits per heavy atom. The largest absolute Gasteiger partial charge is 0.393 e. The second-order valence-corrected chi connectivity index (χ2v) is 9.69. The number of benzene rings is 1. The van der Waals surface area contributed by atoms with Crippen LogP contribution in [0.1, 0.15) is 45.6 Å². The molecule has 0 unspecified atom stereocenters. The molecule has 0 aliphatic heterocycles. The van der Waals surface area contributed by atoms with Gasteiger partial charge >= 0.3 is 0 Å². The van der Waals surface area contributed by atoms with Gasteiger partial charge in [-0.2, -0.15) is 8.42 Å². The maximum absolute atomic E-state index is 12.5. The van der Waals surface area contributed by atoms with Gasteiger partial charge in [-0.15, -0.1) is 0 Å². The molecule has 1 aromatic carbocycles. The highest BCUT2D eigenvalue weighted by Gasteiger charge is 2.69. The Hall–Kier alpha value is -0.910. The van der Waals surface area contributed by atoms with Crippen LogP contribution in [0.15, 0.2) is 29.2 Å². The second kappa shape index (κ2) is 5.04. The first kappa shape index (κ1) is 16.9. The van der Waals surface area contributed by atoms with E-state index in [4.69, 9.17) is 4.18 Å². The molecule has 3 rings (SSSR count). The van der Waals surface area contributed by atoms with E-state index < -0.39 is 16.2 Å². The zero-order valence-electron chi connectivity index (χ0n) is 14.3. The normalized spacial score (nSPS) is 35.6. The van der Waals surface area contributed by atoms with Crippen molar-refractivity contribution in [2.24, 2.45) is 16.2 Å². The van der Waals surface area contributed by atoms with Crippen LogP contribution in [0.3, 0.4) is 0 Å². The van der Waals surface area contributed by atoms with E-state index in [9.17, 15) is 13.5 Å². The number of fused-ring (bicyclic) bond motifs is 2. The predicted molar refractivity (Wildman–Crippen MR) is 88.5 cm³/mol. The van der Waals surface area contributed by atoms with E-state index in [-0.39, 0.29) is 27.7 Å². The van der Waals surface area contributed by atoms with Crippen molar-refractivity contribution in [1.29, 1.82) is 0 Å². The fourth-order valence-electron chi connectivity index (χ4n) is 4.54. The predicted octanol–water partition coefficient (Wildman–Crippen LogP) is 3.28. The fraction of sp³-hybridized carbons (Fsp3) is 0.667. The van der Waals surface area contributed by atoms with Crippen LogP contribution in [0.5, 0.6) is 0 Å². The quantitative estimate of drug-likeness (QED) is 0.856. The van der Waals surface area contributed by atoms with Gasteiger partial charge in [0.05, 0.1) is 17.6 Å². The third-order valence-corrected chi connectivity index (χ3v) is 8.27. The first-order chi connectivity index (χ1) is 10.5. The van der Waals surface area contributed by atoms with Gasteiger partial charge in [0, 0.05) is 5.41 Å². The molecule has 0 spiro atoms. The van der Waals surface area contributed by atoms with Crippen molar-refractivity contribution in [1.82, 2.24) is 0 Å². The lowest BCUT2D eigenvalue weighted by molar-refractivity contribution is 0.00884. The average molecular weight is 338 g/mol. The summed E-state index contributed by atoms with van der Waals surface area (Å²) in [6.45, 7) is 8.44. The maximum atomic E-state index is 12.5. The van der Waals surface area contributed by atoms with Gasteiger partial charge in [0.15, 0.2) is 0 Å². The molecule has 2 saturated carbocycles. The van der Waals surface area contributed by atoms with Gasteiger partial charge in [0.25, 0.3) is 10.1 Å². The van der Waals surface area contributed by atoms with E-state index in [0.717, 1.165) is 18.4 Å². The molecule has 0 amide bonds. The number of hydrogen-bond donors (Lipinski definition) is 1. The monoisotopic (exact) mass is 338 g/mol. The van der Waals surface area contributed by atoms with Gasteiger partial charge < -0.3 is 5.11 Å². The third kappa shape index (κ3) is 2.28. The maximum Gasteiger partial charge on any atom is 0.296 e. The average Bonchev–Trinajstić information content (AvgIpc) is 2.76. The van der Waals surface area contributed by atoms with Crippen molar-refractivity contribution in [2.45, 2.75) is 58.0 Å². The minimum atomic E-state index is -3.76. The van der Waals surface area contributed by atoms with Crippen LogP contribution in [0.4, 0.5) is 0 Å². The molecule has 128 valence electrons. The van der Waals surface area contributed by atoms with Gasteiger partial charge in [-0.1, -0.05) is 38.5 Å². The second-order valence-electron chi connectivity index (χ2n) is 8.07. The van der Waals surface area contributed by atoms with Crippen LogP contribution in [0.25, 0.3) is 0 Å². The van der Waals surface area contributed by atoms with Crippen molar-refractivity contribution < 1.29 is 17.7 Å². The Morgan fingerprint density at radius 2 is 1.78 bits per heavy atom. The first-order valence-electron chi connectivity index (χ1n) is 8.18. The zero-order chi connectivity index (χ0) is 17.1. The summed E-state index contributed by atoms with van der Waals surface area (Å²) in [6, 6.07) is 6.69. The number of aliphatic hydroxyl groups is 1. The smallest absolute Gasteiger partial charge is 0.296 e. The van der Waals surface area contributed by atoms with E-state index in [0.29, 0.717) is 6.42 Å². The van der Waals surface area contributed by atoms with E-state index in [2.05, 4.69) is 20.8 Å². The van der Waals surface area contributed by atoms with Crippen LogP contribution in [-0.2, 0) is 14.3 Å². The molecular weight excluding hydrogens is 312 g/mol. The van der Waals surface area contributed by atoms with E-state index in [1.807, 2.05) is 6.92 Å². The molecule has 1 N–H and O–H groups in total. The summed E-state index contributed by atoms with van der Waals surface area (Å²) < 4.78 is 30.4. The summed E-state index contributed by atoms with van der Waals surface area (Å²) in [5.74, 6) is 0. The molecule has 0 radical (unpaired) electrons. The van der Waals surface area contributed by atoms with E-state index in [1.54, 1.807) is 24.3 Å². The van der Waals surface area contributed by atoms with Crippen LogP contribution in [0.2, 0.25) is 0 Å². The minimum Gasteiger partial charge on any atom is -0.393 e. The molecule has 3 atom stereocenters. The highest BCUT2D eigenvalue weighted by Crippen LogP contribution is 2.72. The SMILES string of the molecule is Cc1ccc(S(=O)(=O)OC[C@]23CC[C@@](C)([C@H](O)C2)C3(C)C)cc1. The highest BCUT2D eigenvalue weighted by atomic mass is 32.2.